The lowest BCUT2D eigenvalue weighted by molar-refractivity contribution is 0.584. The Hall–Kier alpha value is -1.16. The molecule has 0 bridgehead atoms. The van der Waals surface area contributed by atoms with Gasteiger partial charge in [-0.3, -0.25) is 0 Å². The maximum Gasteiger partial charge on any atom is 0.225 e. The lowest BCUT2D eigenvalue weighted by Gasteiger charge is -2.23. The Bertz CT molecular complexity index is 464. The zero-order valence-corrected chi connectivity index (χ0v) is 12.9. The van der Waals surface area contributed by atoms with Crippen molar-refractivity contribution in [3.05, 3.63) is 17.5 Å². The molecular weight excluding hydrogens is 248 g/mol. The van der Waals surface area contributed by atoms with Crippen LogP contribution in [0.4, 0.5) is 5.95 Å². The molecule has 0 atom stereocenters. The highest BCUT2D eigenvalue weighted by Crippen LogP contribution is 2.36. The second-order valence-corrected chi connectivity index (χ2v) is 6.64. The number of nitrogens with one attached hydrogen (secondary N) is 1. The first-order valence-corrected chi connectivity index (χ1v) is 7.96. The first kappa shape index (κ1) is 13.8. The van der Waals surface area contributed by atoms with Gasteiger partial charge in [0.1, 0.15) is 0 Å². The van der Waals surface area contributed by atoms with Crippen molar-refractivity contribution in [3.8, 4) is 0 Å². The van der Waals surface area contributed by atoms with Crippen LogP contribution in [0.5, 0.6) is 0 Å². The van der Waals surface area contributed by atoms with Gasteiger partial charge in [-0.15, -0.1) is 0 Å². The van der Waals surface area contributed by atoms with E-state index in [0.29, 0.717) is 12.1 Å². The fraction of sp³-hybridized carbons (Fsp3) is 0.750. The largest absolute Gasteiger partial charge is 0.338 e. The Labute approximate surface area is 122 Å². The molecule has 1 heterocycles. The lowest BCUT2D eigenvalue weighted by Crippen LogP contribution is -2.30. The summed E-state index contributed by atoms with van der Waals surface area (Å²) in [6, 6.07) is 1.20. The van der Waals surface area contributed by atoms with E-state index in [9.17, 15) is 0 Å². The number of aromatic nitrogens is 2. The third kappa shape index (κ3) is 3.48. The van der Waals surface area contributed by atoms with Crippen molar-refractivity contribution in [2.75, 3.05) is 11.4 Å². The first-order chi connectivity index (χ1) is 9.63. The maximum atomic E-state index is 4.77. The quantitative estimate of drug-likeness (QED) is 0.830. The summed E-state index contributed by atoms with van der Waals surface area (Å²) in [7, 11) is 0. The Kier molecular flexibility index (Phi) is 3.92. The second-order valence-electron chi connectivity index (χ2n) is 6.64. The van der Waals surface area contributed by atoms with Crippen LogP contribution in [0.25, 0.3) is 0 Å². The van der Waals surface area contributed by atoms with Crippen LogP contribution in [0.15, 0.2) is 6.20 Å². The van der Waals surface area contributed by atoms with Crippen LogP contribution in [-0.4, -0.2) is 28.6 Å². The number of aryl methyl sites for hydroxylation is 1. The molecule has 4 nitrogen and oxygen atoms in total. The van der Waals surface area contributed by atoms with Crippen molar-refractivity contribution in [2.45, 2.75) is 65.1 Å². The standard InChI is InChI=1S/C16H26N4/c1-11(2)17-8-14-9-18-16(19-12(14)3)20(15-6-7-15)10-13-4-5-13/h9,11,13,15,17H,4-8,10H2,1-3H3. The van der Waals surface area contributed by atoms with E-state index in [1.54, 1.807) is 0 Å². The minimum absolute atomic E-state index is 0.493. The molecular formula is C16H26N4. The number of anilines is 1. The van der Waals surface area contributed by atoms with E-state index in [0.717, 1.165) is 30.6 Å². The van der Waals surface area contributed by atoms with E-state index in [1.165, 1.54) is 31.2 Å². The van der Waals surface area contributed by atoms with Gasteiger partial charge in [0.05, 0.1) is 0 Å². The molecule has 20 heavy (non-hydrogen) atoms. The van der Waals surface area contributed by atoms with Gasteiger partial charge in [-0.05, 0) is 38.5 Å². The third-order valence-electron chi connectivity index (χ3n) is 4.17. The highest BCUT2D eigenvalue weighted by Gasteiger charge is 2.35. The van der Waals surface area contributed by atoms with Crippen LogP contribution < -0.4 is 10.2 Å². The SMILES string of the molecule is Cc1nc(N(CC2CC2)C2CC2)ncc1CNC(C)C. The average Bonchev–Trinajstić information content (AvgIpc) is 3.26. The molecule has 1 aromatic heterocycles. The van der Waals surface area contributed by atoms with Gasteiger partial charge in [0.15, 0.2) is 0 Å². The van der Waals surface area contributed by atoms with Crippen LogP contribution in [0, 0.1) is 12.8 Å². The molecule has 0 radical (unpaired) electrons. The van der Waals surface area contributed by atoms with Gasteiger partial charge >= 0.3 is 0 Å². The molecule has 0 aromatic carbocycles. The van der Waals surface area contributed by atoms with Crippen LogP contribution in [0.3, 0.4) is 0 Å². The summed E-state index contributed by atoms with van der Waals surface area (Å²) >= 11 is 0. The van der Waals surface area contributed by atoms with Crippen LogP contribution in [-0.2, 0) is 6.54 Å². The zero-order valence-electron chi connectivity index (χ0n) is 12.9. The van der Waals surface area contributed by atoms with Crippen LogP contribution in [0.2, 0.25) is 0 Å². The summed E-state index contributed by atoms with van der Waals surface area (Å²) in [6.07, 6.45) is 7.41. The molecule has 0 unspecified atom stereocenters. The van der Waals surface area contributed by atoms with Gasteiger partial charge in [-0.2, -0.15) is 0 Å². The highest BCUT2D eigenvalue weighted by molar-refractivity contribution is 5.36. The van der Waals surface area contributed by atoms with Crippen molar-refractivity contribution < 1.29 is 0 Å². The summed E-state index contributed by atoms with van der Waals surface area (Å²) < 4.78 is 0. The Morgan fingerprint density at radius 1 is 1.30 bits per heavy atom. The fourth-order valence-corrected chi connectivity index (χ4v) is 2.46. The van der Waals surface area contributed by atoms with Gasteiger partial charge < -0.3 is 10.2 Å². The zero-order chi connectivity index (χ0) is 14.1. The molecule has 0 spiro atoms. The van der Waals surface area contributed by atoms with Gasteiger partial charge in [0.25, 0.3) is 0 Å². The molecule has 1 N–H and O–H groups in total. The van der Waals surface area contributed by atoms with Gasteiger partial charge in [-0.1, -0.05) is 13.8 Å². The summed E-state index contributed by atoms with van der Waals surface area (Å²) in [6.45, 7) is 8.44. The average molecular weight is 274 g/mol. The van der Waals surface area contributed by atoms with Gasteiger partial charge in [0, 0.05) is 42.6 Å². The molecule has 2 aliphatic rings. The normalized spacial score (nSPS) is 18.6. The summed E-state index contributed by atoms with van der Waals surface area (Å²) in [5.74, 6) is 1.84. The van der Waals surface area contributed by atoms with Gasteiger partial charge in [-0.25, -0.2) is 9.97 Å². The molecule has 110 valence electrons. The van der Waals surface area contributed by atoms with Crippen molar-refractivity contribution >= 4 is 5.95 Å². The number of nitrogens with zero attached hydrogens (tertiary/aromatic N) is 3. The van der Waals surface area contributed by atoms with Crippen molar-refractivity contribution in [3.63, 3.8) is 0 Å². The first-order valence-electron chi connectivity index (χ1n) is 7.96. The van der Waals surface area contributed by atoms with E-state index >= 15 is 0 Å². The Morgan fingerprint density at radius 2 is 2.05 bits per heavy atom. The molecule has 2 saturated carbocycles. The molecule has 2 fully saturated rings. The van der Waals surface area contributed by atoms with Crippen LogP contribution >= 0.6 is 0 Å². The minimum atomic E-state index is 0.493. The monoisotopic (exact) mass is 274 g/mol. The minimum Gasteiger partial charge on any atom is -0.338 e. The van der Waals surface area contributed by atoms with Crippen molar-refractivity contribution in [1.82, 2.24) is 15.3 Å². The highest BCUT2D eigenvalue weighted by atomic mass is 15.3. The van der Waals surface area contributed by atoms with Gasteiger partial charge in [0.2, 0.25) is 5.95 Å². The molecule has 2 aliphatic carbocycles. The summed E-state index contributed by atoms with van der Waals surface area (Å²) in [5, 5.41) is 3.44. The predicted octanol–water partition coefficient (Wildman–Crippen LogP) is 2.66. The number of rotatable bonds is 7. The number of hydrogen-bond donors (Lipinski definition) is 1. The predicted molar refractivity (Wildman–Crippen MR) is 81.8 cm³/mol. The van der Waals surface area contributed by atoms with E-state index in [4.69, 9.17) is 4.98 Å². The smallest absolute Gasteiger partial charge is 0.225 e. The third-order valence-corrected chi connectivity index (χ3v) is 4.17. The molecule has 4 heteroatoms. The Morgan fingerprint density at radius 3 is 2.60 bits per heavy atom. The summed E-state index contributed by atoms with van der Waals surface area (Å²) in [5.41, 5.74) is 2.33. The Balaban J connectivity index is 1.70. The van der Waals surface area contributed by atoms with Crippen molar-refractivity contribution in [1.29, 1.82) is 0 Å². The second kappa shape index (κ2) is 5.68. The number of hydrogen-bond acceptors (Lipinski definition) is 4. The van der Waals surface area contributed by atoms with E-state index in [-0.39, 0.29) is 0 Å². The molecule has 0 aliphatic heterocycles. The van der Waals surface area contributed by atoms with Crippen molar-refractivity contribution in [2.24, 2.45) is 5.92 Å². The van der Waals surface area contributed by atoms with E-state index in [1.807, 2.05) is 6.20 Å². The van der Waals surface area contributed by atoms with E-state index < -0.39 is 0 Å². The summed E-state index contributed by atoms with van der Waals surface area (Å²) in [4.78, 5) is 11.9. The molecule has 3 rings (SSSR count). The van der Waals surface area contributed by atoms with E-state index in [2.05, 4.69) is 36.0 Å². The lowest BCUT2D eigenvalue weighted by atomic mass is 10.2. The topological polar surface area (TPSA) is 41.1 Å². The van der Waals surface area contributed by atoms with Crippen LogP contribution in [0.1, 0.15) is 50.8 Å². The fourth-order valence-electron chi connectivity index (χ4n) is 2.46. The molecule has 0 saturated heterocycles. The maximum absolute atomic E-state index is 4.77. The molecule has 1 aromatic rings. The molecule has 0 amide bonds.